The smallest absolute Gasteiger partial charge is 0.274 e. The Bertz CT molecular complexity index is 1190. The maximum Gasteiger partial charge on any atom is 0.274 e. The van der Waals surface area contributed by atoms with Gasteiger partial charge in [-0.3, -0.25) is 4.79 Å². The van der Waals surface area contributed by atoms with E-state index in [9.17, 15) is 13.2 Å². The number of sulfonamides is 1. The first-order chi connectivity index (χ1) is 14.4. The zero-order chi connectivity index (χ0) is 20.8. The molecule has 3 heterocycles. The van der Waals surface area contributed by atoms with Crippen LogP contribution in [0.15, 0.2) is 30.3 Å². The van der Waals surface area contributed by atoms with Gasteiger partial charge >= 0.3 is 0 Å². The molecule has 0 bridgehead atoms. The molecule has 1 spiro atoms. The van der Waals surface area contributed by atoms with Crippen molar-refractivity contribution >= 4 is 58.1 Å². The van der Waals surface area contributed by atoms with E-state index in [1.807, 2.05) is 18.2 Å². The molecule has 1 unspecified atom stereocenters. The minimum Gasteiger partial charge on any atom is -0.371 e. The summed E-state index contributed by atoms with van der Waals surface area (Å²) in [5.74, 6) is -0.696. The summed E-state index contributed by atoms with van der Waals surface area (Å²) in [6.45, 7) is 0. The van der Waals surface area contributed by atoms with Crippen LogP contribution in [0.3, 0.4) is 0 Å². The highest BCUT2D eigenvalue weighted by Gasteiger charge is 2.41. The van der Waals surface area contributed by atoms with Crippen molar-refractivity contribution in [3.05, 3.63) is 35.2 Å². The van der Waals surface area contributed by atoms with E-state index in [0.717, 1.165) is 53.3 Å². The average Bonchev–Trinajstić information content (AvgIpc) is 3.31. The van der Waals surface area contributed by atoms with Crippen molar-refractivity contribution in [1.82, 2.24) is 4.72 Å². The van der Waals surface area contributed by atoms with Crippen LogP contribution in [0.1, 0.15) is 61.0 Å². The Hall–Kier alpha value is -1.48. The number of benzene rings is 1. The molecular formula is C22H25NO4S3. The summed E-state index contributed by atoms with van der Waals surface area (Å²) >= 11 is 2.97. The van der Waals surface area contributed by atoms with E-state index in [-0.39, 0.29) is 17.5 Å². The first-order valence-corrected chi connectivity index (χ1v) is 13.9. The summed E-state index contributed by atoms with van der Waals surface area (Å²) in [5, 5.41) is 1.11. The summed E-state index contributed by atoms with van der Waals surface area (Å²) in [6, 6.07) is 9.85. The predicted octanol–water partition coefficient (Wildman–Crippen LogP) is 5.45. The van der Waals surface area contributed by atoms with E-state index in [4.69, 9.17) is 4.74 Å². The van der Waals surface area contributed by atoms with Gasteiger partial charge in [0.2, 0.25) is 10.0 Å². The second-order valence-electron chi connectivity index (χ2n) is 8.49. The molecule has 1 aromatic carbocycles. The summed E-state index contributed by atoms with van der Waals surface area (Å²) < 4.78 is 37.1. The molecule has 1 N–H and O–H groups in total. The lowest BCUT2D eigenvalue weighted by Gasteiger charge is -2.28. The van der Waals surface area contributed by atoms with Crippen LogP contribution in [0.4, 0.5) is 0 Å². The standard InChI is InChI=1S/C22H25NO4S3/c24-21(19-13-18-20(29-19)16-7-3-4-8-17(16)28-18)23-30(25,26)14-15-9-12-22(27-15)10-5-1-2-6-11-22/h3-4,7-8,13,15H,1-2,5-6,9-12,14H2,(H,23,24). The Balaban J connectivity index is 1.26. The van der Waals surface area contributed by atoms with Crippen LogP contribution in [-0.2, 0) is 14.8 Å². The number of thiophene rings is 2. The van der Waals surface area contributed by atoms with E-state index in [1.165, 1.54) is 28.9 Å². The van der Waals surface area contributed by atoms with E-state index in [1.54, 1.807) is 17.4 Å². The van der Waals surface area contributed by atoms with Crippen LogP contribution < -0.4 is 4.72 Å². The third-order valence-corrected chi connectivity index (χ3v) is 10.0. The first-order valence-electron chi connectivity index (χ1n) is 10.6. The number of carbonyl (C=O) groups excluding carboxylic acids is 1. The quantitative estimate of drug-likeness (QED) is 0.559. The maximum absolute atomic E-state index is 12.7. The number of nitrogens with one attached hydrogen (secondary N) is 1. The van der Waals surface area contributed by atoms with Gasteiger partial charge in [0.15, 0.2) is 0 Å². The largest absolute Gasteiger partial charge is 0.371 e. The van der Waals surface area contributed by atoms with Crippen molar-refractivity contribution in [3.8, 4) is 0 Å². The topological polar surface area (TPSA) is 72.5 Å². The van der Waals surface area contributed by atoms with Crippen LogP contribution in [0.25, 0.3) is 19.5 Å². The number of amides is 1. The lowest BCUT2D eigenvalue weighted by atomic mass is 9.91. The maximum atomic E-state index is 12.7. The highest BCUT2D eigenvalue weighted by molar-refractivity contribution is 7.90. The molecule has 1 amide bonds. The van der Waals surface area contributed by atoms with Gasteiger partial charge in [-0.25, -0.2) is 13.1 Å². The number of hydrogen-bond acceptors (Lipinski definition) is 6. The third-order valence-electron chi connectivity index (χ3n) is 6.28. The molecule has 160 valence electrons. The fraction of sp³-hybridized carbons (Fsp3) is 0.500. The molecule has 1 saturated heterocycles. The lowest BCUT2D eigenvalue weighted by molar-refractivity contribution is -0.0425. The zero-order valence-electron chi connectivity index (χ0n) is 16.7. The summed E-state index contributed by atoms with van der Waals surface area (Å²) in [5.41, 5.74) is -0.139. The highest BCUT2D eigenvalue weighted by Crippen LogP contribution is 2.41. The van der Waals surface area contributed by atoms with Gasteiger partial charge in [-0.2, -0.15) is 0 Å². The van der Waals surface area contributed by atoms with Gasteiger partial charge in [-0.05, 0) is 37.8 Å². The summed E-state index contributed by atoms with van der Waals surface area (Å²) in [4.78, 5) is 13.1. The van der Waals surface area contributed by atoms with Crippen molar-refractivity contribution in [2.24, 2.45) is 0 Å². The van der Waals surface area contributed by atoms with Gasteiger partial charge in [-0.15, -0.1) is 22.7 Å². The van der Waals surface area contributed by atoms with Crippen LogP contribution in [0, 0.1) is 0 Å². The SMILES string of the molecule is O=C(NS(=O)(=O)CC1CCC2(CCCCCC2)O1)c1cc2sc3ccccc3c2s1. The van der Waals surface area contributed by atoms with Gasteiger partial charge in [0.05, 0.1) is 27.0 Å². The van der Waals surface area contributed by atoms with E-state index < -0.39 is 15.9 Å². The van der Waals surface area contributed by atoms with Gasteiger partial charge in [0.25, 0.3) is 5.91 Å². The molecular weight excluding hydrogens is 438 g/mol. The molecule has 5 rings (SSSR count). The van der Waals surface area contributed by atoms with Crippen molar-refractivity contribution in [2.45, 2.75) is 63.1 Å². The zero-order valence-corrected chi connectivity index (χ0v) is 19.1. The number of ether oxygens (including phenoxy) is 1. The molecule has 0 radical (unpaired) electrons. The van der Waals surface area contributed by atoms with E-state index in [0.29, 0.717) is 4.88 Å². The van der Waals surface area contributed by atoms with Gasteiger partial charge in [-0.1, -0.05) is 43.9 Å². The number of rotatable bonds is 4. The predicted molar refractivity (Wildman–Crippen MR) is 123 cm³/mol. The molecule has 2 fully saturated rings. The van der Waals surface area contributed by atoms with Crippen molar-refractivity contribution < 1.29 is 17.9 Å². The second-order valence-corrected chi connectivity index (χ2v) is 12.4. The minimum absolute atomic E-state index is 0.139. The van der Waals surface area contributed by atoms with Crippen LogP contribution in [0.5, 0.6) is 0 Å². The molecule has 5 nitrogen and oxygen atoms in total. The first kappa shape index (κ1) is 20.4. The van der Waals surface area contributed by atoms with Crippen LogP contribution in [0.2, 0.25) is 0 Å². The molecule has 3 aromatic rings. The van der Waals surface area contributed by atoms with E-state index >= 15 is 0 Å². The second kappa shape index (κ2) is 7.89. The summed E-state index contributed by atoms with van der Waals surface area (Å²) in [7, 11) is -3.75. The Kier molecular flexibility index (Phi) is 5.37. The number of fused-ring (bicyclic) bond motifs is 3. The van der Waals surface area contributed by atoms with Crippen LogP contribution in [-0.4, -0.2) is 31.8 Å². The van der Waals surface area contributed by atoms with Gasteiger partial charge in [0, 0.05) is 14.8 Å². The van der Waals surface area contributed by atoms with E-state index in [2.05, 4.69) is 10.8 Å². The lowest BCUT2D eigenvalue weighted by Crippen LogP contribution is -2.37. The van der Waals surface area contributed by atoms with Crippen molar-refractivity contribution in [2.75, 3.05) is 5.75 Å². The molecule has 1 aliphatic heterocycles. The molecule has 8 heteroatoms. The van der Waals surface area contributed by atoms with Crippen LogP contribution >= 0.6 is 22.7 Å². The van der Waals surface area contributed by atoms with Gasteiger partial charge in [0.1, 0.15) is 0 Å². The van der Waals surface area contributed by atoms with Crippen molar-refractivity contribution in [1.29, 1.82) is 0 Å². The Morgan fingerprint density at radius 1 is 1.07 bits per heavy atom. The number of hydrogen-bond donors (Lipinski definition) is 1. The number of carbonyl (C=O) groups is 1. The minimum atomic E-state index is -3.75. The van der Waals surface area contributed by atoms with Gasteiger partial charge < -0.3 is 4.74 Å². The molecule has 2 aromatic heterocycles. The molecule has 1 atom stereocenters. The molecule has 2 aliphatic rings. The Morgan fingerprint density at radius 3 is 2.63 bits per heavy atom. The molecule has 1 aliphatic carbocycles. The third kappa shape index (κ3) is 4.02. The highest BCUT2D eigenvalue weighted by atomic mass is 32.2. The van der Waals surface area contributed by atoms with Crippen molar-refractivity contribution in [3.63, 3.8) is 0 Å². The Labute approximate surface area is 184 Å². The summed E-state index contributed by atoms with van der Waals surface area (Å²) in [6.07, 6.45) is 8.16. The average molecular weight is 464 g/mol. The molecule has 30 heavy (non-hydrogen) atoms. The fourth-order valence-corrected chi connectivity index (χ4v) is 8.53. The Morgan fingerprint density at radius 2 is 1.83 bits per heavy atom. The normalized spacial score (nSPS) is 21.9. The monoisotopic (exact) mass is 463 g/mol. The fourth-order valence-electron chi connectivity index (χ4n) is 4.84. The molecule has 1 saturated carbocycles.